The van der Waals surface area contributed by atoms with Gasteiger partial charge in [-0.3, -0.25) is 0 Å². The molecule has 0 saturated carbocycles. The van der Waals surface area contributed by atoms with Crippen molar-refractivity contribution >= 4 is 40.5 Å². The molecule has 62 valence electrons. The summed E-state index contributed by atoms with van der Waals surface area (Å²) in [5, 5.41) is 0. The molecule has 0 bridgehead atoms. The van der Waals surface area contributed by atoms with Crippen LogP contribution in [0.1, 0.15) is 0 Å². The summed E-state index contributed by atoms with van der Waals surface area (Å²) >= 11 is -2.20. The SMILES string of the molecule is CI1OI(C)c2ccccc21. The number of hydrogen-bond donors (Lipinski definition) is 0. The van der Waals surface area contributed by atoms with E-state index in [1.807, 2.05) is 0 Å². The quantitative estimate of drug-likeness (QED) is 0.500. The van der Waals surface area contributed by atoms with Gasteiger partial charge in [0, 0.05) is 0 Å². The van der Waals surface area contributed by atoms with Crippen LogP contribution >= 0.6 is 40.5 Å². The third kappa shape index (κ3) is 1.42. The monoisotopic (exact) mass is 376 g/mol. The maximum absolute atomic E-state index is 5.94. The summed E-state index contributed by atoms with van der Waals surface area (Å²) in [6.45, 7) is 0. The van der Waals surface area contributed by atoms with Gasteiger partial charge in [-0.25, -0.2) is 0 Å². The molecule has 1 aromatic rings. The van der Waals surface area contributed by atoms with Gasteiger partial charge in [-0.05, 0) is 0 Å². The Balaban J connectivity index is 2.52. The fourth-order valence-corrected chi connectivity index (χ4v) is 16.7. The van der Waals surface area contributed by atoms with Crippen LogP contribution < -0.4 is 0 Å². The van der Waals surface area contributed by atoms with Crippen molar-refractivity contribution in [1.82, 2.24) is 0 Å². The molecule has 0 spiro atoms. The van der Waals surface area contributed by atoms with Crippen molar-refractivity contribution in [3.63, 3.8) is 0 Å². The number of halogens is 2. The van der Waals surface area contributed by atoms with Gasteiger partial charge in [0.25, 0.3) is 0 Å². The second-order valence-corrected chi connectivity index (χ2v) is 12.0. The van der Waals surface area contributed by atoms with Gasteiger partial charge in [0.15, 0.2) is 0 Å². The van der Waals surface area contributed by atoms with Crippen LogP contribution in [0.4, 0.5) is 0 Å². The molecule has 3 heteroatoms. The van der Waals surface area contributed by atoms with Gasteiger partial charge in [0.05, 0.1) is 0 Å². The minimum atomic E-state index is -1.10. The van der Waals surface area contributed by atoms with Gasteiger partial charge in [-0.15, -0.1) is 0 Å². The normalized spacial score (nSPS) is 22.0. The summed E-state index contributed by atoms with van der Waals surface area (Å²) in [7, 11) is 0. The molecule has 1 aromatic carbocycles. The van der Waals surface area contributed by atoms with Gasteiger partial charge in [-0.1, -0.05) is 0 Å². The Kier molecular flexibility index (Phi) is 2.38. The average molecular weight is 376 g/mol. The van der Waals surface area contributed by atoms with Crippen molar-refractivity contribution in [3.8, 4) is 0 Å². The van der Waals surface area contributed by atoms with E-state index >= 15 is 0 Å². The summed E-state index contributed by atoms with van der Waals surface area (Å²) < 4.78 is 9.09. The molecular formula is C8H10I2O. The third-order valence-corrected chi connectivity index (χ3v) is 15.5. The van der Waals surface area contributed by atoms with E-state index in [1.165, 1.54) is 0 Å². The Bertz CT molecular complexity index is 248. The number of rotatable bonds is 0. The van der Waals surface area contributed by atoms with Crippen LogP contribution in [0.5, 0.6) is 0 Å². The standard InChI is InChI=1S/C8H10I2O/c1-9-7-5-3-4-6-8(7)10(2)11-9/h3-6H,1-2H3. The third-order valence-electron chi connectivity index (χ3n) is 1.57. The number of fused-ring (bicyclic) bond motifs is 1. The summed E-state index contributed by atoms with van der Waals surface area (Å²) in [5.41, 5.74) is 0. The second kappa shape index (κ2) is 3.18. The minimum absolute atomic E-state index is 1.10. The van der Waals surface area contributed by atoms with E-state index in [4.69, 9.17) is 1.40 Å². The molecule has 0 N–H and O–H groups in total. The molecule has 1 aliphatic rings. The molecule has 0 fully saturated rings. The predicted molar refractivity (Wildman–Crippen MR) is 64.8 cm³/mol. The van der Waals surface area contributed by atoms with Crippen molar-refractivity contribution in [2.45, 2.75) is 0 Å². The zero-order valence-corrected chi connectivity index (χ0v) is 10.8. The topological polar surface area (TPSA) is 9.23 Å². The Hall–Kier alpha value is 0.640. The van der Waals surface area contributed by atoms with Gasteiger partial charge in [0.2, 0.25) is 0 Å². The van der Waals surface area contributed by atoms with Crippen LogP contribution in [0.15, 0.2) is 24.3 Å². The fourth-order valence-electron chi connectivity index (χ4n) is 1.07. The van der Waals surface area contributed by atoms with Crippen LogP contribution in [0.2, 0.25) is 0 Å². The molecule has 1 heterocycles. The first-order chi connectivity index (χ1) is 5.29. The predicted octanol–water partition coefficient (Wildman–Crippen LogP) is 3.16. The first-order valence-corrected chi connectivity index (χ1v) is 11.5. The van der Waals surface area contributed by atoms with Gasteiger partial charge in [0.1, 0.15) is 0 Å². The molecular weight excluding hydrogens is 366 g/mol. The molecule has 0 amide bonds. The van der Waals surface area contributed by atoms with Crippen molar-refractivity contribution < 1.29 is 1.40 Å². The number of benzene rings is 1. The first kappa shape index (κ1) is 8.25. The van der Waals surface area contributed by atoms with E-state index in [9.17, 15) is 0 Å². The first-order valence-electron chi connectivity index (χ1n) is 3.27. The molecule has 0 unspecified atom stereocenters. The van der Waals surface area contributed by atoms with Crippen LogP contribution in [-0.2, 0) is 1.40 Å². The van der Waals surface area contributed by atoms with Gasteiger partial charge >= 0.3 is 83.1 Å². The van der Waals surface area contributed by atoms with Crippen LogP contribution in [0.3, 0.4) is 0 Å². The molecule has 1 aliphatic heterocycles. The Morgan fingerprint density at radius 2 is 1.45 bits per heavy atom. The van der Waals surface area contributed by atoms with Crippen molar-refractivity contribution in [3.05, 3.63) is 31.4 Å². The van der Waals surface area contributed by atoms with Crippen LogP contribution in [0.25, 0.3) is 0 Å². The zero-order valence-electron chi connectivity index (χ0n) is 6.47. The van der Waals surface area contributed by atoms with Crippen molar-refractivity contribution in [2.75, 3.05) is 9.86 Å². The average Bonchev–Trinajstić information content (AvgIpc) is 2.30. The number of alkyl halides is 2. The van der Waals surface area contributed by atoms with E-state index in [-0.39, 0.29) is 0 Å². The van der Waals surface area contributed by atoms with Crippen molar-refractivity contribution in [2.24, 2.45) is 0 Å². The second-order valence-electron chi connectivity index (χ2n) is 2.31. The summed E-state index contributed by atoms with van der Waals surface area (Å²) in [5.74, 6) is 0. The van der Waals surface area contributed by atoms with Crippen molar-refractivity contribution in [1.29, 1.82) is 0 Å². The Morgan fingerprint density at radius 1 is 1.00 bits per heavy atom. The van der Waals surface area contributed by atoms with E-state index in [0.29, 0.717) is 0 Å². The zero-order chi connectivity index (χ0) is 7.84. The molecule has 1 nitrogen and oxygen atoms in total. The Morgan fingerprint density at radius 3 is 1.91 bits per heavy atom. The molecule has 0 saturated heterocycles. The fraction of sp³-hybridized carbons (Fsp3) is 0.250. The molecule has 0 aliphatic carbocycles. The van der Waals surface area contributed by atoms with Crippen LogP contribution in [-0.4, -0.2) is 9.86 Å². The van der Waals surface area contributed by atoms with Crippen LogP contribution in [0, 0.1) is 7.14 Å². The Labute approximate surface area is 82.4 Å². The van der Waals surface area contributed by atoms with E-state index < -0.39 is 40.5 Å². The summed E-state index contributed by atoms with van der Waals surface area (Å²) in [6.07, 6.45) is 0. The number of hydrogen-bond acceptors (Lipinski definition) is 1. The van der Waals surface area contributed by atoms with E-state index in [2.05, 4.69) is 34.1 Å². The van der Waals surface area contributed by atoms with Gasteiger partial charge in [-0.2, -0.15) is 0 Å². The molecule has 0 atom stereocenters. The molecule has 0 radical (unpaired) electrons. The maximum atomic E-state index is 5.94. The summed E-state index contributed by atoms with van der Waals surface area (Å²) in [4.78, 5) is 4.59. The molecule has 0 aromatic heterocycles. The van der Waals surface area contributed by atoms with E-state index in [0.717, 1.165) is 0 Å². The molecule has 11 heavy (non-hydrogen) atoms. The summed E-state index contributed by atoms with van der Waals surface area (Å²) in [6, 6.07) is 8.76. The van der Waals surface area contributed by atoms with E-state index in [1.54, 1.807) is 7.14 Å². The molecule has 2 rings (SSSR count). The van der Waals surface area contributed by atoms with Gasteiger partial charge < -0.3 is 0 Å².